The number of halogens is 1. The second-order valence-corrected chi connectivity index (χ2v) is 12.0. The smallest absolute Gasteiger partial charge is 0.410 e. The first-order valence-corrected chi connectivity index (χ1v) is 14.3. The van der Waals surface area contributed by atoms with Crippen LogP contribution in [0.5, 0.6) is 0 Å². The quantitative estimate of drug-likeness (QED) is 0.408. The van der Waals surface area contributed by atoms with Gasteiger partial charge in [-0.3, -0.25) is 4.79 Å². The number of rotatable bonds is 8. The fourth-order valence-corrected chi connectivity index (χ4v) is 5.47. The van der Waals surface area contributed by atoms with Gasteiger partial charge in [0.15, 0.2) is 0 Å². The van der Waals surface area contributed by atoms with Gasteiger partial charge < -0.3 is 24.0 Å². The predicted molar refractivity (Wildman–Crippen MR) is 151 cm³/mol. The van der Waals surface area contributed by atoms with Gasteiger partial charge in [0.25, 0.3) is 0 Å². The van der Waals surface area contributed by atoms with Gasteiger partial charge in [0.05, 0.1) is 25.9 Å². The molecule has 0 radical (unpaired) electrons. The highest BCUT2D eigenvalue weighted by atomic mass is 19.1. The number of carbonyl (C=O) groups is 2. The maximum absolute atomic E-state index is 13.4. The highest BCUT2D eigenvalue weighted by Crippen LogP contribution is 2.31. The fraction of sp³-hybridized carbons (Fsp3) is 0.562. The van der Waals surface area contributed by atoms with Crippen molar-refractivity contribution in [2.75, 3.05) is 26.3 Å². The fourth-order valence-electron chi connectivity index (χ4n) is 5.47. The molecule has 1 saturated heterocycles. The van der Waals surface area contributed by atoms with E-state index in [9.17, 15) is 14.0 Å². The molecule has 2 fully saturated rings. The lowest BCUT2D eigenvalue weighted by atomic mass is 9.84. The Morgan fingerprint density at radius 3 is 2.45 bits per heavy atom. The van der Waals surface area contributed by atoms with Crippen molar-refractivity contribution in [3.8, 4) is 0 Å². The summed E-state index contributed by atoms with van der Waals surface area (Å²) in [6.45, 7) is 10.5. The van der Waals surface area contributed by atoms with Crippen molar-refractivity contribution in [1.82, 2.24) is 9.80 Å². The summed E-state index contributed by atoms with van der Waals surface area (Å²) < 4.78 is 30.9. The molecular formula is C32H43FN2O5. The molecule has 0 spiro atoms. The molecule has 2 amide bonds. The lowest BCUT2D eigenvalue weighted by Crippen LogP contribution is -2.50. The number of amides is 2. The third-order valence-corrected chi connectivity index (χ3v) is 7.49. The predicted octanol–water partition coefficient (Wildman–Crippen LogP) is 5.87. The molecule has 1 saturated carbocycles. The van der Waals surface area contributed by atoms with Crippen LogP contribution in [-0.2, 0) is 32.2 Å². The van der Waals surface area contributed by atoms with E-state index < -0.39 is 5.60 Å². The van der Waals surface area contributed by atoms with Crippen LogP contribution in [0.1, 0.15) is 63.1 Å². The van der Waals surface area contributed by atoms with Crippen LogP contribution in [-0.4, -0.2) is 65.9 Å². The van der Waals surface area contributed by atoms with Gasteiger partial charge >= 0.3 is 6.09 Å². The summed E-state index contributed by atoms with van der Waals surface area (Å²) in [4.78, 5) is 30.3. The molecule has 1 aliphatic heterocycles. The molecule has 8 heteroatoms. The standard InChI is InChI=1S/C32H43FN2O5/c1-23-6-5-7-25(18-23)21-38-22-29-20-34(16-17-39-29)30(36)26-10-14-28(15-11-26)35(31(37)40-32(2,3)4)19-24-8-12-27(33)13-9-24/h5-9,12-13,18,26,28-29H,10-11,14-17,19-22H2,1-4H3. The van der Waals surface area contributed by atoms with Crippen LogP contribution in [0.4, 0.5) is 9.18 Å². The van der Waals surface area contributed by atoms with Crippen molar-refractivity contribution in [2.45, 2.75) is 84.3 Å². The zero-order chi connectivity index (χ0) is 28.7. The van der Waals surface area contributed by atoms with Crippen molar-refractivity contribution in [3.63, 3.8) is 0 Å². The molecule has 0 N–H and O–H groups in total. The number of carbonyl (C=O) groups excluding carboxylic acids is 2. The molecule has 1 aliphatic carbocycles. The third kappa shape index (κ3) is 8.77. The molecule has 2 aromatic carbocycles. The topological polar surface area (TPSA) is 68.3 Å². The maximum atomic E-state index is 13.4. The Labute approximate surface area is 237 Å². The van der Waals surface area contributed by atoms with Gasteiger partial charge in [0.1, 0.15) is 11.4 Å². The van der Waals surface area contributed by atoms with E-state index in [-0.39, 0.29) is 35.9 Å². The van der Waals surface area contributed by atoms with Crippen molar-refractivity contribution in [3.05, 3.63) is 71.0 Å². The molecule has 2 aromatic rings. The Morgan fingerprint density at radius 2 is 1.77 bits per heavy atom. The molecule has 2 aliphatic rings. The van der Waals surface area contributed by atoms with Gasteiger partial charge in [-0.1, -0.05) is 42.0 Å². The Hall–Kier alpha value is -2.97. The van der Waals surface area contributed by atoms with Crippen LogP contribution >= 0.6 is 0 Å². The van der Waals surface area contributed by atoms with Gasteiger partial charge in [0, 0.05) is 31.6 Å². The van der Waals surface area contributed by atoms with Crippen LogP contribution < -0.4 is 0 Å². The van der Waals surface area contributed by atoms with Crippen molar-refractivity contribution < 1.29 is 28.2 Å². The number of aryl methyl sites for hydroxylation is 1. The Balaban J connectivity index is 1.29. The first-order valence-electron chi connectivity index (χ1n) is 14.3. The number of morpholine rings is 1. The van der Waals surface area contributed by atoms with Crippen LogP contribution in [0.25, 0.3) is 0 Å². The van der Waals surface area contributed by atoms with Crippen molar-refractivity contribution >= 4 is 12.0 Å². The molecule has 0 bridgehead atoms. The number of nitrogens with zero attached hydrogens (tertiary/aromatic N) is 2. The molecule has 4 rings (SSSR count). The SMILES string of the molecule is Cc1cccc(COCC2CN(C(=O)C3CCC(N(Cc4ccc(F)cc4)C(=O)OC(C)(C)C)CC3)CCO2)c1. The minimum Gasteiger partial charge on any atom is -0.444 e. The van der Waals surface area contributed by atoms with E-state index in [1.165, 1.54) is 17.7 Å². The average Bonchev–Trinajstić information content (AvgIpc) is 2.92. The highest BCUT2D eigenvalue weighted by Gasteiger charge is 2.36. The van der Waals surface area contributed by atoms with Gasteiger partial charge in [-0.05, 0) is 76.6 Å². The summed E-state index contributed by atoms with van der Waals surface area (Å²) in [6, 6.07) is 14.4. The van der Waals surface area contributed by atoms with Gasteiger partial charge in [-0.25, -0.2) is 9.18 Å². The van der Waals surface area contributed by atoms with E-state index in [1.807, 2.05) is 37.8 Å². The molecular weight excluding hydrogens is 511 g/mol. The van der Waals surface area contributed by atoms with Gasteiger partial charge in [-0.2, -0.15) is 0 Å². The van der Waals surface area contributed by atoms with Crippen LogP contribution in [0.15, 0.2) is 48.5 Å². The Bertz CT molecular complexity index is 1120. The first kappa shape index (κ1) is 30.0. The normalized spacial score (nSPS) is 21.6. The van der Waals surface area contributed by atoms with Crippen molar-refractivity contribution in [1.29, 1.82) is 0 Å². The zero-order valence-electron chi connectivity index (χ0n) is 24.2. The van der Waals surface area contributed by atoms with E-state index in [1.54, 1.807) is 17.0 Å². The molecule has 1 atom stereocenters. The van der Waals surface area contributed by atoms with E-state index in [4.69, 9.17) is 14.2 Å². The van der Waals surface area contributed by atoms with Gasteiger partial charge in [-0.15, -0.1) is 0 Å². The van der Waals surface area contributed by atoms with Crippen LogP contribution in [0.2, 0.25) is 0 Å². The second-order valence-electron chi connectivity index (χ2n) is 12.0. The summed E-state index contributed by atoms with van der Waals surface area (Å²) in [7, 11) is 0. The molecule has 1 unspecified atom stereocenters. The number of benzene rings is 2. The molecule has 40 heavy (non-hydrogen) atoms. The summed E-state index contributed by atoms with van der Waals surface area (Å²) >= 11 is 0. The maximum Gasteiger partial charge on any atom is 0.410 e. The number of hydrogen-bond acceptors (Lipinski definition) is 5. The lowest BCUT2D eigenvalue weighted by molar-refractivity contribution is -0.147. The average molecular weight is 555 g/mol. The molecule has 1 heterocycles. The second kappa shape index (κ2) is 13.6. The summed E-state index contributed by atoms with van der Waals surface area (Å²) in [5.41, 5.74) is 2.54. The van der Waals surface area contributed by atoms with E-state index in [0.717, 1.165) is 11.1 Å². The number of ether oxygens (including phenoxy) is 3. The summed E-state index contributed by atoms with van der Waals surface area (Å²) in [5.74, 6) is -0.225. The Morgan fingerprint density at radius 1 is 1.05 bits per heavy atom. The van der Waals surface area contributed by atoms with Crippen LogP contribution in [0, 0.1) is 18.7 Å². The molecule has 218 valence electrons. The van der Waals surface area contributed by atoms with Crippen LogP contribution in [0.3, 0.4) is 0 Å². The third-order valence-electron chi connectivity index (χ3n) is 7.49. The van der Waals surface area contributed by atoms with E-state index >= 15 is 0 Å². The van der Waals surface area contributed by atoms with E-state index in [2.05, 4.69) is 19.1 Å². The van der Waals surface area contributed by atoms with Gasteiger partial charge in [0.2, 0.25) is 5.91 Å². The zero-order valence-corrected chi connectivity index (χ0v) is 24.2. The van der Waals surface area contributed by atoms with E-state index in [0.29, 0.717) is 65.1 Å². The minimum absolute atomic E-state index is 0.0450. The largest absolute Gasteiger partial charge is 0.444 e. The molecule has 0 aromatic heterocycles. The first-order chi connectivity index (χ1) is 19.1. The Kier molecular flexibility index (Phi) is 10.2. The summed E-state index contributed by atoms with van der Waals surface area (Å²) in [5, 5.41) is 0. The summed E-state index contributed by atoms with van der Waals surface area (Å²) in [6.07, 6.45) is 2.32. The molecule has 7 nitrogen and oxygen atoms in total. The monoisotopic (exact) mass is 554 g/mol. The highest BCUT2D eigenvalue weighted by molar-refractivity contribution is 5.79. The van der Waals surface area contributed by atoms with Crippen molar-refractivity contribution in [2.24, 2.45) is 5.92 Å². The lowest BCUT2D eigenvalue weighted by Gasteiger charge is -2.39. The minimum atomic E-state index is -0.623. The number of hydrogen-bond donors (Lipinski definition) is 0.